The summed E-state index contributed by atoms with van der Waals surface area (Å²) in [5.41, 5.74) is -2.44. The van der Waals surface area contributed by atoms with Gasteiger partial charge in [-0.15, -0.1) is 0 Å². The van der Waals surface area contributed by atoms with Crippen LogP contribution in [0.4, 0.5) is 13.2 Å². The van der Waals surface area contributed by atoms with Gasteiger partial charge < -0.3 is 15.5 Å². The lowest BCUT2D eigenvalue weighted by Gasteiger charge is -2.31. The first kappa shape index (κ1) is 17.7. The average Bonchev–Trinajstić information content (AvgIpc) is 2.90. The molecule has 1 rings (SSSR count). The van der Waals surface area contributed by atoms with E-state index in [0.29, 0.717) is 13.1 Å². The zero-order valence-corrected chi connectivity index (χ0v) is 12.5. The van der Waals surface area contributed by atoms with Gasteiger partial charge in [-0.1, -0.05) is 0 Å². The number of hydrogen-bond acceptors (Lipinski definition) is 3. The molecule has 2 N–H and O–H groups in total. The number of nitrogens with zero attached hydrogens (tertiary/aromatic N) is 1. The topological polar surface area (TPSA) is 61.4 Å². The highest BCUT2D eigenvalue weighted by atomic mass is 19.4. The summed E-state index contributed by atoms with van der Waals surface area (Å²) in [5.74, 6) is -1.51. The van der Waals surface area contributed by atoms with E-state index in [1.165, 1.54) is 11.8 Å². The Balaban J connectivity index is 2.81. The SMILES string of the molecule is CCN(CC)C(=O)C(C)NC(=O)C1(C(F)(F)F)CCNC1. The summed E-state index contributed by atoms with van der Waals surface area (Å²) >= 11 is 0. The van der Waals surface area contributed by atoms with Crippen LogP contribution in [-0.4, -0.2) is 55.1 Å². The number of alkyl halides is 3. The summed E-state index contributed by atoms with van der Waals surface area (Å²) in [6, 6.07) is -0.975. The molecule has 2 amide bonds. The Morgan fingerprint density at radius 3 is 2.29 bits per heavy atom. The van der Waals surface area contributed by atoms with Crippen molar-refractivity contribution in [2.75, 3.05) is 26.2 Å². The van der Waals surface area contributed by atoms with Gasteiger partial charge in [-0.25, -0.2) is 0 Å². The Morgan fingerprint density at radius 1 is 1.33 bits per heavy atom. The first-order chi connectivity index (χ1) is 9.69. The second-order valence-electron chi connectivity index (χ2n) is 5.21. The van der Waals surface area contributed by atoms with Crippen LogP contribution in [0.25, 0.3) is 0 Å². The van der Waals surface area contributed by atoms with Gasteiger partial charge in [0.25, 0.3) is 0 Å². The molecule has 1 saturated heterocycles. The normalized spacial score (nSPS) is 23.7. The number of likely N-dealkylation sites (N-methyl/N-ethyl adjacent to an activating group) is 1. The van der Waals surface area contributed by atoms with Gasteiger partial charge in [-0.2, -0.15) is 13.2 Å². The van der Waals surface area contributed by atoms with Crippen LogP contribution >= 0.6 is 0 Å². The number of amides is 2. The van der Waals surface area contributed by atoms with Gasteiger partial charge in [-0.05, 0) is 33.7 Å². The Labute approximate surface area is 122 Å². The number of carbonyl (C=O) groups excluding carboxylic acids is 2. The number of rotatable bonds is 5. The van der Waals surface area contributed by atoms with E-state index in [9.17, 15) is 22.8 Å². The first-order valence-electron chi connectivity index (χ1n) is 7.06. The number of carbonyl (C=O) groups is 2. The minimum absolute atomic E-state index is 0.130. The minimum atomic E-state index is -4.64. The van der Waals surface area contributed by atoms with Gasteiger partial charge in [0.2, 0.25) is 11.8 Å². The van der Waals surface area contributed by atoms with Crippen molar-refractivity contribution >= 4 is 11.8 Å². The molecule has 122 valence electrons. The van der Waals surface area contributed by atoms with E-state index in [1.54, 1.807) is 13.8 Å². The molecule has 21 heavy (non-hydrogen) atoms. The van der Waals surface area contributed by atoms with Gasteiger partial charge >= 0.3 is 6.18 Å². The van der Waals surface area contributed by atoms with Crippen LogP contribution in [0, 0.1) is 5.41 Å². The zero-order valence-electron chi connectivity index (χ0n) is 12.5. The van der Waals surface area contributed by atoms with Crippen LogP contribution in [0.1, 0.15) is 27.2 Å². The van der Waals surface area contributed by atoms with Crippen LogP contribution in [0.2, 0.25) is 0 Å². The summed E-state index contributed by atoms with van der Waals surface area (Å²) in [6.07, 6.45) is -4.95. The molecule has 2 unspecified atom stereocenters. The third-order valence-corrected chi connectivity index (χ3v) is 3.93. The molecule has 1 aliphatic heterocycles. The van der Waals surface area contributed by atoms with Gasteiger partial charge in [0.05, 0.1) is 0 Å². The predicted molar refractivity (Wildman–Crippen MR) is 71.5 cm³/mol. The predicted octanol–water partition coefficient (Wildman–Crippen LogP) is 0.901. The maximum absolute atomic E-state index is 13.2. The molecule has 0 radical (unpaired) electrons. The highest BCUT2D eigenvalue weighted by Gasteiger charge is 2.61. The van der Waals surface area contributed by atoms with E-state index in [1.807, 2.05) is 0 Å². The number of hydrogen-bond donors (Lipinski definition) is 2. The van der Waals surface area contributed by atoms with E-state index < -0.39 is 30.1 Å². The third kappa shape index (κ3) is 3.48. The van der Waals surface area contributed by atoms with E-state index in [0.717, 1.165) is 0 Å². The zero-order chi connectivity index (χ0) is 16.3. The minimum Gasteiger partial charge on any atom is -0.344 e. The highest BCUT2D eigenvalue weighted by Crippen LogP contribution is 2.43. The van der Waals surface area contributed by atoms with Crippen molar-refractivity contribution in [2.24, 2.45) is 5.41 Å². The number of nitrogens with one attached hydrogen (secondary N) is 2. The van der Waals surface area contributed by atoms with Crippen molar-refractivity contribution in [1.29, 1.82) is 0 Å². The summed E-state index contributed by atoms with van der Waals surface area (Å²) in [7, 11) is 0. The lowest BCUT2D eigenvalue weighted by atomic mass is 9.85. The summed E-state index contributed by atoms with van der Waals surface area (Å²) in [4.78, 5) is 25.6. The summed E-state index contributed by atoms with van der Waals surface area (Å²) in [6.45, 7) is 5.52. The molecule has 5 nitrogen and oxygen atoms in total. The van der Waals surface area contributed by atoms with Crippen molar-refractivity contribution in [3.8, 4) is 0 Å². The molecule has 0 saturated carbocycles. The molecule has 0 aliphatic carbocycles. The maximum atomic E-state index is 13.2. The van der Waals surface area contributed by atoms with Crippen molar-refractivity contribution < 1.29 is 22.8 Å². The highest BCUT2D eigenvalue weighted by molar-refractivity contribution is 5.90. The smallest absolute Gasteiger partial charge is 0.344 e. The second-order valence-corrected chi connectivity index (χ2v) is 5.21. The molecule has 1 heterocycles. The van der Waals surface area contributed by atoms with Gasteiger partial charge in [0, 0.05) is 19.6 Å². The molecule has 0 aromatic heterocycles. The average molecular weight is 309 g/mol. The molecule has 1 aliphatic rings. The van der Waals surface area contributed by atoms with Crippen molar-refractivity contribution in [1.82, 2.24) is 15.5 Å². The Hall–Kier alpha value is -1.31. The largest absolute Gasteiger partial charge is 0.404 e. The Bertz CT molecular complexity index is 389. The quantitative estimate of drug-likeness (QED) is 0.793. The van der Waals surface area contributed by atoms with E-state index >= 15 is 0 Å². The summed E-state index contributed by atoms with van der Waals surface area (Å²) in [5, 5.41) is 4.80. The van der Waals surface area contributed by atoms with Crippen molar-refractivity contribution in [3.63, 3.8) is 0 Å². The fraction of sp³-hybridized carbons (Fsp3) is 0.846. The van der Waals surface area contributed by atoms with Crippen molar-refractivity contribution in [3.05, 3.63) is 0 Å². The second kappa shape index (κ2) is 6.64. The van der Waals surface area contributed by atoms with Gasteiger partial charge in [0.15, 0.2) is 5.41 Å². The van der Waals surface area contributed by atoms with E-state index in [2.05, 4.69) is 10.6 Å². The molecular formula is C13H22F3N3O2. The molecule has 1 fully saturated rings. The fourth-order valence-electron chi connectivity index (χ4n) is 2.46. The fourth-order valence-corrected chi connectivity index (χ4v) is 2.46. The van der Waals surface area contributed by atoms with Gasteiger partial charge in [0.1, 0.15) is 6.04 Å². The lowest BCUT2D eigenvalue weighted by Crippen LogP contribution is -2.56. The van der Waals surface area contributed by atoms with E-state index in [4.69, 9.17) is 0 Å². The Morgan fingerprint density at radius 2 is 1.90 bits per heavy atom. The molecule has 0 aromatic carbocycles. The van der Waals surface area contributed by atoms with Crippen molar-refractivity contribution in [2.45, 2.75) is 39.4 Å². The standard InChI is InChI=1S/C13H22F3N3O2/c1-4-19(5-2)10(20)9(3)18-11(21)12(13(14,15)16)6-7-17-8-12/h9,17H,4-8H2,1-3H3,(H,18,21). The molecule has 0 spiro atoms. The molecule has 2 atom stereocenters. The molecule has 0 aromatic rings. The monoisotopic (exact) mass is 309 g/mol. The molecule has 0 bridgehead atoms. The van der Waals surface area contributed by atoms with E-state index in [-0.39, 0.29) is 18.9 Å². The van der Waals surface area contributed by atoms with Crippen LogP contribution in [0.5, 0.6) is 0 Å². The Kier molecular flexibility index (Phi) is 5.61. The maximum Gasteiger partial charge on any atom is 0.404 e. The van der Waals surface area contributed by atoms with Crippen LogP contribution in [0.15, 0.2) is 0 Å². The van der Waals surface area contributed by atoms with Gasteiger partial charge in [-0.3, -0.25) is 9.59 Å². The van der Waals surface area contributed by atoms with Crippen LogP contribution < -0.4 is 10.6 Å². The molecular weight excluding hydrogens is 287 g/mol. The van der Waals surface area contributed by atoms with Crippen LogP contribution in [-0.2, 0) is 9.59 Å². The van der Waals surface area contributed by atoms with Crippen LogP contribution in [0.3, 0.4) is 0 Å². The lowest BCUT2D eigenvalue weighted by molar-refractivity contribution is -0.216. The first-order valence-corrected chi connectivity index (χ1v) is 7.06. The summed E-state index contributed by atoms with van der Waals surface area (Å²) < 4.78 is 39.6. The number of halogens is 3. The third-order valence-electron chi connectivity index (χ3n) is 3.93. The molecule has 8 heteroatoms.